The van der Waals surface area contributed by atoms with Gasteiger partial charge in [-0.25, -0.2) is 8.78 Å². The lowest BCUT2D eigenvalue weighted by Crippen LogP contribution is -2.33. The van der Waals surface area contributed by atoms with E-state index < -0.39 is 17.7 Å². The summed E-state index contributed by atoms with van der Waals surface area (Å²) >= 11 is 0. The first-order valence-corrected chi connectivity index (χ1v) is 4.93. The number of likely N-dealkylation sites (N-methyl/N-ethyl adjacent to an activating group) is 1. The van der Waals surface area contributed by atoms with Gasteiger partial charge in [0.15, 0.2) is 0 Å². The molecule has 1 amide bonds. The molecule has 0 saturated carbocycles. The molecule has 88 valence electrons. The Morgan fingerprint density at radius 1 is 1.44 bits per heavy atom. The lowest BCUT2D eigenvalue weighted by Gasteiger charge is -2.14. The van der Waals surface area contributed by atoms with Crippen LogP contribution in [0.15, 0.2) is 18.2 Å². The molecule has 1 unspecified atom stereocenters. The second kappa shape index (κ2) is 5.55. The van der Waals surface area contributed by atoms with Crippen LogP contribution in [0.4, 0.5) is 8.78 Å². The molecule has 0 aromatic heterocycles. The summed E-state index contributed by atoms with van der Waals surface area (Å²) in [4.78, 5) is 11.0. The van der Waals surface area contributed by atoms with Gasteiger partial charge in [-0.15, -0.1) is 0 Å². The van der Waals surface area contributed by atoms with Gasteiger partial charge < -0.3 is 10.6 Å². The average molecular weight is 228 g/mol. The molecule has 1 aromatic rings. The average Bonchev–Trinajstić information content (AvgIpc) is 2.28. The van der Waals surface area contributed by atoms with Crippen molar-refractivity contribution in [2.24, 2.45) is 0 Å². The Bertz CT molecular complexity index is 382. The van der Waals surface area contributed by atoms with E-state index in [0.29, 0.717) is 0 Å². The second-order valence-corrected chi connectivity index (χ2v) is 3.44. The molecule has 0 spiro atoms. The Labute approximate surface area is 92.8 Å². The molecule has 1 atom stereocenters. The highest BCUT2D eigenvalue weighted by Gasteiger charge is 2.12. The van der Waals surface area contributed by atoms with Gasteiger partial charge in [0.1, 0.15) is 11.6 Å². The number of halogens is 2. The van der Waals surface area contributed by atoms with E-state index in [9.17, 15) is 13.6 Å². The summed E-state index contributed by atoms with van der Waals surface area (Å²) in [6.07, 6.45) is 0. The van der Waals surface area contributed by atoms with Crippen LogP contribution in [0.3, 0.4) is 0 Å². The predicted octanol–water partition coefficient (Wildman–Crippen LogP) is 1.36. The minimum atomic E-state index is -0.495. The van der Waals surface area contributed by atoms with Crippen LogP contribution in [0.1, 0.15) is 18.5 Å². The first-order chi connectivity index (χ1) is 7.54. The summed E-state index contributed by atoms with van der Waals surface area (Å²) in [6, 6.07) is 2.83. The molecule has 16 heavy (non-hydrogen) atoms. The monoisotopic (exact) mass is 228 g/mol. The molecule has 0 aliphatic heterocycles. The van der Waals surface area contributed by atoms with Gasteiger partial charge in [0.2, 0.25) is 5.91 Å². The zero-order valence-electron chi connectivity index (χ0n) is 9.18. The number of carbonyl (C=O) groups is 1. The largest absolute Gasteiger partial charge is 0.358 e. The Morgan fingerprint density at radius 3 is 2.75 bits per heavy atom. The molecule has 0 radical (unpaired) electrons. The summed E-state index contributed by atoms with van der Waals surface area (Å²) < 4.78 is 26.2. The molecule has 1 aromatic carbocycles. The van der Waals surface area contributed by atoms with Gasteiger partial charge in [-0.1, -0.05) is 0 Å². The van der Waals surface area contributed by atoms with Gasteiger partial charge >= 0.3 is 0 Å². The number of hydrogen-bond donors (Lipinski definition) is 2. The quantitative estimate of drug-likeness (QED) is 0.817. The molecule has 5 heteroatoms. The molecule has 0 fully saturated rings. The second-order valence-electron chi connectivity index (χ2n) is 3.44. The van der Waals surface area contributed by atoms with Crippen LogP contribution < -0.4 is 10.6 Å². The third-order valence-electron chi connectivity index (χ3n) is 2.27. The van der Waals surface area contributed by atoms with Crippen molar-refractivity contribution in [3.8, 4) is 0 Å². The van der Waals surface area contributed by atoms with E-state index >= 15 is 0 Å². The summed E-state index contributed by atoms with van der Waals surface area (Å²) in [7, 11) is 1.51. The highest BCUT2D eigenvalue weighted by Crippen LogP contribution is 2.17. The molecule has 0 aliphatic carbocycles. The van der Waals surface area contributed by atoms with Crippen LogP contribution in [0.2, 0.25) is 0 Å². The SMILES string of the molecule is CNC(=O)CNC(C)c1cc(F)ccc1F. The van der Waals surface area contributed by atoms with E-state index in [1.807, 2.05) is 0 Å². The van der Waals surface area contributed by atoms with Gasteiger partial charge in [0.25, 0.3) is 0 Å². The molecular formula is C11H14F2N2O. The lowest BCUT2D eigenvalue weighted by atomic mass is 10.1. The number of amides is 1. The van der Waals surface area contributed by atoms with Gasteiger partial charge in [-0.3, -0.25) is 4.79 Å². The smallest absolute Gasteiger partial charge is 0.233 e. The normalized spacial score (nSPS) is 12.2. The molecule has 0 aliphatic rings. The number of rotatable bonds is 4. The number of carbonyl (C=O) groups excluding carboxylic acids is 1. The van der Waals surface area contributed by atoms with E-state index in [0.717, 1.165) is 18.2 Å². The number of nitrogens with one attached hydrogen (secondary N) is 2. The van der Waals surface area contributed by atoms with Crippen molar-refractivity contribution in [3.63, 3.8) is 0 Å². The maximum atomic E-state index is 13.3. The first kappa shape index (κ1) is 12.6. The van der Waals surface area contributed by atoms with Crippen LogP contribution >= 0.6 is 0 Å². The van der Waals surface area contributed by atoms with Crippen LogP contribution in [0.5, 0.6) is 0 Å². The molecule has 2 N–H and O–H groups in total. The standard InChI is InChI=1S/C11H14F2N2O/c1-7(15-6-11(16)14-2)9-5-8(12)3-4-10(9)13/h3-5,7,15H,6H2,1-2H3,(H,14,16). The minimum absolute atomic E-state index is 0.0631. The fraction of sp³-hybridized carbons (Fsp3) is 0.364. The summed E-state index contributed by atoms with van der Waals surface area (Å²) in [5.41, 5.74) is 0.212. The summed E-state index contributed by atoms with van der Waals surface area (Å²) in [5, 5.41) is 5.23. The highest BCUT2D eigenvalue weighted by atomic mass is 19.1. The van der Waals surface area contributed by atoms with E-state index in [4.69, 9.17) is 0 Å². The van der Waals surface area contributed by atoms with Gasteiger partial charge in [-0.05, 0) is 25.1 Å². The van der Waals surface area contributed by atoms with E-state index in [1.54, 1.807) is 6.92 Å². The van der Waals surface area contributed by atoms with Crippen molar-refractivity contribution >= 4 is 5.91 Å². The maximum Gasteiger partial charge on any atom is 0.233 e. The summed E-state index contributed by atoms with van der Waals surface area (Å²) in [6.45, 7) is 1.73. The van der Waals surface area contributed by atoms with E-state index in [1.165, 1.54) is 7.05 Å². The Morgan fingerprint density at radius 2 is 2.12 bits per heavy atom. The van der Waals surface area contributed by atoms with Crippen molar-refractivity contribution in [1.82, 2.24) is 10.6 Å². The summed E-state index contributed by atoms with van der Waals surface area (Å²) in [5.74, 6) is -1.19. The van der Waals surface area contributed by atoms with Crippen molar-refractivity contribution < 1.29 is 13.6 Å². The molecule has 0 saturated heterocycles. The molecule has 0 bridgehead atoms. The molecular weight excluding hydrogens is 214 g/mol. The lowest BCUT2D eigenvalue weighted by molar-refractivity contribution is -0.119. The Kier molecular flexibility index (Phi) is 4.37. The Balaban J connectivity index is 2.68. The van der Waals surface area contributed by atoms with E-state index in [-0.39, 0.29) is 18.0 Å². The van der Waals surface area contributed by atoms with Crippen molar-refractivity contribution in [3.05, 3.63) is 35.4 Å². The van der Waals surface area contributed by atoms with Crippen LogP contribution in [0, 0.1) is 11.6 Å². The molecule has 3 nitrogen and oxygen atoms in total. The predicted molar refractivity (Wildman–Crippen MR) is 56.8 cm³/mol. The number of benzene rings is 1. The van der Waals surface area contributed by atoms with Crippen molar-refractivity contribution in [2.75, 3.05) is 13.6 Å². The molecule has 1 rings (SSSR count). The third kappa shape index (κ3) is 3.27. The van der Waals surface area contributed by atoms with Crippen LogP contribution in [-0.4, -0.2) is 19.5 Å². The van der Waals surface area contributed by atoms with E-state index in [2.05, 4.69) is 10.6 Å². The fourth-order valence-corrected chi connectivity index (χ4v) is 1.29. The Hall–Kier alpha value is -1.49. The first-order valence-electron chi connectivity index (χ1n) is 4.93. The minimum Gasteiger partial charge on any atom is -0.358 e. The maximum absolute atomic E-state index is 13.3. The number of hydrogen-bond acceptors (Lipinski definition) is 2. The van der Waals surface area contributed by atoms with Crippen molar-refractivity contribution in [2.45, 2.75) is 13.0 Å². The van der Waals surface area contributed by atoms with Crippen LogP contribution in [-0.2, 0) is 4.79 Å². The third-order valence-corrected chi connectivity index (χ3v) is 2.27. The van der Waals surface area contributed by atoms with Gasteiger partial charge in [-0.2, -0.15) is 0 Å². The van der Waals surface area contributed by atoms with Crippen LogP contribution in [0.25, 0.3) is 0 Å². The van der Waals surface area contributed by atoms with Gasteiger partial charge in [0.05, 0.1) is 6.54 Å². The zero-order chi connectivity index (χ0) is 12.1. The fourth-order valence-electron chi connectivity index (χ4n) is 1.29. The van der Waals surface area contributed by atoms with Crippen molar-refractivity contribution in [1.29, 1.82) is 0 Å². The molecule has 0 heterocycles. The highest BCUT2D eigenvalue weighted by molar-refractivity contribution is 5.77. The van der Waals surface area contributed by atoms with Gasteiger partial charge in [0, 0.05) is 18.7 Å². The zero-order valence-corrected chi connectivity index (χ0v) is 9.18. The topological polar surface area (TPSA) is 41.1 Å².